The van der Waals surface area contributed by atoms with Crippen molar-refractivity contribution in [3.8, 4) is 0 Å². The SMILES string of the molecule is CNC(=O)c1ccc(CSc2ccc(C)cc2)cc1. The van der Waals surface area contributed by atoms with Gasteiger partial charge in [0.2, 0.25) is 0 Å². The number of nitrogens with one attached hydrogen (secondary N) is 1. The van der Waals surface area contributed by atoms with Crippen molar-refractivity contribution in [2.75, 3.05) is 7.05 Å². The summed E-state index contributed by atoms with van der Waals surface area (Å²) >= 11 is 1.80. The van der Waals surface area contributed by atoms with Crippen LogP contribution in [0.1, 0.15) is 21.5 Å². The first-order chi connectivity index (χ1) is 9.19. The Morgan fingerprint density at radius 1 is 1.05 bits per heavy atom. The summed E-state index contributed by atoms with van der Waals surface area (Å²) in [5.74, 6) is 0.870. The van der Waals surface area contributed by atoms with E-state index in [2.05, 4.69) is 36.5 Å². The Morgan fingerprint density at radius 3 is 2.26 bits per heavy atom. The van der Waals surface area contributed by atoms with E-state index in [1.54, 1.807) is 18.8 Å². The highest BCUT2D eigenvalue weighted by atomic mass is 32.2. The van der Waals surface area contributed by atoms with E-state index < -0.39 is 0 Å². The average Bonchev–Trinajstić information content (AvgIpc) is 2.46. The lowest BCUT2D eigenvalue weighted by Crippen LogP contribution is -2.17. The molecule has 0 radical (unpaired) electrons. The fraction of sp³-hybridized carbons (Fsp3) is 0.188. The molecule has 19 heavy (non-hydrogen) atoms. The van der Waals surface area contributed by atoms with Gasteiger partial charge in [-0.1, -0.05) is 29.8 Å². The van der Waals surface area contributed by atoms with Gasteiger partial charge in [0.05, 0.1) is 0 Å². The highest BCUT2D eigenvalue weighted by Gasteiger charge is 2.02. The maximum Gasteiger partial charge on any atom is 0.251 e. The summed E-state index contributed by atoms with van der Waals surface area (Å²) in [6.07, 6.45) is 0. The van der Waals surface area contributed by atoms with Crippen LogP contribution >= 0.6 is 11.8 Å². The van der Waals surface area contributed by atoms with Gasteiger partial charge in [0.15, 0.2) is 0 Å². The number of thioether (sulfide) groups is 1. The predicted molar refractivity (Wildman–Crippen MR) is 80.6 cm³/mol. The Hall–Kier alpha value is -1.74. The van der Waals surface area contributed by atoms with Gasteiger partial charge in [0.1, 0.15) is 0 Å². The summed E-state index contributed by atoms with van der Waals surface area (Å²) in [6, 6.07) is 16.3. The van der Waals surface area contributed by atoms with E-state index in [4.69, 9.17) is 0 Å². The molecule has 0 heterocycles. The molecule has 1 N–H and O–H groups in total. The largest absolute Gasteiger partial charge is 0.355 e. The first-order valence-corrected chi connectivity index (χ1v) is 7.18. The summed E-state index contributed by atoms with van der Waals surface area (Å²) in [7, 11) is 1.64. The summed E-state index contributed by atoms with van der Waals surface area (Å²) in [6.45, 7) is 2.09. The van der Waals surface area contributed by atoms with Gasteiger partial charge in [-0.05, 0) is 36.8 Å². The van der Waals surface area contributed by atoms with Crippen molar-refractivity contribution < 1.29 is 4.79 Å². The highest BCUT2D eigenvalue weighted by molar-refractivity contribution is 7.98. The van der Waals surface area contributed by atoms with Crippen LogP contribution in [0.4, 0.5) is 0 Å². The molecule has 2 aromatic carbocycles. The summed E-state index contributed by atoms with van der Waals surface area (Å²) in [5.41, 5.74) is 3.20. The summed E-state index contributed by atoms with van der Waals surface area (Å²) < 4.78 is 0. The van der Waals surface area contributed by atoms with Gasteiger partial charge in [-0.3, -0.25) is 4.79 Å². The molecule has 0 aliphatic rings. The standard InChI is InChI=1S/C16H17NOS/c1-12-3-9-15(10-4-12)19-11-13-5-7-14(8-6-13)16(18)17-2/h3-10H,11H2,1-2H3,(H,17,18). The maximum absolute atomic E-state index is 11.4. The Balaban J connectivity index is 1.96. The number of hydrogen-bond donors (Lipinski definition) is 1. The second-order valence-corrected chi connectivity index (χ2v) is 5.43. The zero-order valence-corrected chi connectivity index (χ0v) is 12.0. The van der Waals surface area contributed by atoms with Crippen LogP contribution in [0, 0.1) is 6.92 Å². The molecule has 2 rings (SSSR count). The first kappa shape index (κ1) is 13.7. The van der Waals surface area contributed by atoms with E-state index in [0.717, 1.165) is 5.75 Å². The minimum absolute atomic E-state index is 0.0438. The van der Waals surface area contributed by atoms with Crippen LogP contribution in [-0.4, -0.2) is 13.0 Å². The van der Waals surface area contributed by atoms with Gasteiger partial charge in [0, 0.05) is 23.3 Å². The molecule has 0 atom stereocenters. The molecule has 3 heteroatoms. The van der Waals surface area contributed by atoms with Crippen LogP contribution in [0.15, 0.2) is 53.4 Å². The van der Waals surface area contributed by atoms with Crippen LogP contribution in [-0.2, 0) is 5.75 Å². The normalized spacial score (nSPS) is 10.2. The van der Waals surface area contributed by atoms with E-state index in [1.807, 2.05) is 24.3 Å². The number of amides is 1. The van der Waals surface area contributed by atoms with Crippen molar-refractivity contribution in [2.24, 2.45) is 0 Å². The molecule has 0 unspecified atom stereocenters. The molecule has 0 aromatic heterocycles. The Labute approximate surface area is 118 Å². The Bertz CT molecular complexity index is 546. The van der Waals surface area contributed by atoms with E-state index in [-0.39, 0.29) is 5.91 Å². The lowest BCUT2D eigenvalue weighted by atomic mass is 10.1. The third-order valence-electron chi connectivity index (χ3n) is 2.87. The van der Waals surface area contributed by atoms with Crippen LogP contribution in [0.5, 0.6) is 0 Å². The predicted octanol–water partition coefficient (Wildman–Crippen LogP) is 3.65. The van der Waals surface area contributed by atoms with Gasteiger partial charge in [-0.2, -0.15) is 0 Å². The number of benzene rings is 2. The fourth-order valence-electron chi connectivity index (χ4n) is 1.70. The molecule has 0 aliphatic heterocycles. The second-order valence-electron chi connectivity index (χ2n) is 4.38. The quantitative estimate of drug-likeness (QED) is 0.860. The molecule has 2 nitrogen and oxygen atoms in total. The topological polar surface area (TPSA) is 29.1 Å². The van der Waals surface area contributed by atoms with Crippen LogP contribution < -0.4 is 5.32 Å². The number of carbonyl (C=O) groups excluding carboxylic acids is 1. The summed E-state index contributed by atoms with van der Waals surface area (Å²) in [5, 5.41) is 2.62. The zero-order chi connectivity index (χ0) is 13.7. The smallest absolute Gasteiger partial charge is 0.251 e. The van der Waals surface area contributed by atoms with E-state index in [9.17, 15) is 4.79 Å². The van der Waals surface area contributed by atoms with Crippen molar-refractivity contribution >= 4 is 17.7 Å². The Morgan fingerprint density at radius 2 is 1.68 bits per heavy atom. The monoisotopic (exact) mass is 271 g/mol. The molecule has 0 saturated heterocycles. The van der Waals surface area contributed by atoms with Crippen molar-refractivity contribution in [3.63, 3.8) is 0 Å². The van der Waals surface area contributed by atoms with E-state index in [1.165, 1.54) is 16.0 Å². The molecular formula is C16H17NOS. The molecule has 98 valence electrons. The van der Waals surface area contributed by atoms with Gasteiger partial charge in [-0.25, -0.2) is 0 Å². The van der Waals surface area contributed by atoms with Crippen LogP contribution in [0.2, 0.25) is 0 Å². The van der Waals surface area contributed by atoms with Gasteiger partial charge in [0.25, 0.3) is 5.91 Å². The van der Waals surface area contributed by atoms with Crippen molar-refractivity contribution in [1.82, 2.24) is 5.32 Å². The number of hydrogen-bond acceptors (Lipinski definition) is 2. The molecule has 1 amide bonds. The number of rotatable bonds is 4. The summed E-state index contributed by atoms with van der Waals surface area (Å²) in [4.78, 5) is 12.7. The zero-order valence-electron chi connectivity index (χ0n) is 11.1. The van der Waals surface area contributed by atoms with Crippen LogP contribution in [0.3, 0.4) is 0 Å². The maximum atomic E-state index is 11.4. The van der Waals surface area contributed by atoms with Crippen molar-refractivity contribution in [3.05, 3.63) is 65.2 Å². The first-order valence-electron chi connectivity index (χ1n) is 6.19. The third kappa shape index (κ3) is 3.86. The van der Waals surface area contributed by atoms with Crippen molar-refractivity contribution in [1.29, 1.82) is 0 Å². The lowest BCUT2D eigenvalue weighted by molar-refractivity contribution is 0.0963. The Kier molecular flexibility index (Phi) is 4.63. The molecule has 0 saturated carbocycles. The molecular weight excluding hydrogens is 254 g/mol. The van der Waals surface area contributed by atoms with E-state index >= 15 is 0 Å². The van der Waals surface area contributed by atoms with Crippen molar-refractivity contribution in [2.45, 2.75) is 17.6 Å². The lowest BCUT2D eigenvalue weighted by Gasteiger charge is -2.04. The van der Waals surface area contributed by atoms with Gasteiger partial charge in [-0.15, -0.1) is 11.8 Å². The minimum Gasteiger partial charge on any atom is -0.355 e. The molecule has 2 aromatic rings. The third-order valence-corrected chi connectivity index (χ3v) is 3.95. The van der Waals surface area contributed by atoms with E-state index in [0.29, 0.717) is 5.56 Å². The highest BCUT2D eigenvalue weighted by Crippen LogP contribution is 2.23. The molecule has 0 spiro atoms. The molecule has 0 aliphatic carbocycles. The number of aryl methyl sites for hydroxylation is 1. The molecule has 0 fully saturated rings. The molecule has 0 bridgehead atoms. The minimum atomic E-state index is -0.0438. The fourth-order valence-corrected chi connectivity index (χ4v) is 2.55. The number of carbonyl (C=O) groups is 1. The van der Waals surface area contributed by atoms with Gasteiger partial charge < -0.3 is 5.32 Å². The second kappa shape index (κ2) is 6.43. The van der Waals surface area contributed by atoms with Gasteiger partial charge >= 0.3 is 0 Å². The average molecular weight is 271 g/mol. The van der Waals surface area contributed by atoms with Crippen LogP contribution in [0.25, 0.3) is 0 Å².